The zero-order chi connectivity index (χ0) is 14.9. The Kier molecular flexibility index (Phi) is 5.76. The first-order chi connectivity index (χ1) is 10.2. The molecule has 2 amide bonds. The van der Waals surface area contributed by atoms with Crippen molar-refractivity contribution in [3.63, 3.8) is 0 Å². The number of amides is 2. The number of hydrogen-bond donors (Lipinski definition) is 2. The topological polar surface area (TPSA) is 54.0 Å². The van der Waals surface area contributed by atoms with Crippen LogP contribution in [0, 0.1) is 0 Å². The van der Waals surface area contributed by atoms with Gasteiger partial charge in [0, 0.05) is 25.0 Å². The van der Waals surface area contributed by atoms with Crippen molar-refractivity contribution in [3.05, 3.63) is 66.0 Å². The van der Waals surface area contributed by atoms with Crippen LogP contribution in [0.15, 0.2) is 54.9 Å². The lowest BCUT2D eigenvalue weighted by molar-refractivity contribution is 0.237. The van der Waals surface area contributed by atoms with Gasteiger partial charge in [-0.15, -0.1) is 0 Å². The molecule has 0 spiro atoms. The van der Waals surface area contributed by atoms with E-state index in [1.807, 2.05) is 37.3 Å². The van der Waals surface area contributed by atoms with Crippen LogP contribution < -0.4 is 10.6 Å². The lowest BCUT2D eigenvalue weighted by atomic mass is 10.1. The van der Waals surface area contributed by atoms with E-state index in [1.165, 1.54) is 5.56 Å². The van der Waals surface area contributed by atoms with E-state index < -0.39 is 0 Å². The molecule has 0 radical (unpaired) electrons. The predicted octanol–water partition coefficient (Wildman–Crippen LogP) is 2.90. The summed E-state index contributed by atoms with van der Waals surface area (Å²) in [7, 11) is 0. The van der Waals surface area contributed by atoms with E-state index >= 15 is 0 Å². The molecule has 0 fully saturated rings. The van der Waals surface area contributed by atoms with Crippen molar-refractivity contribution in [1.29, 1.82) is 0 Å². The SMILES string of the molecule is C[C@H](CCc1ccccc1)NC(=O)NCc1ccncc1. The molecule has 0 bridgehead atoms. The number of aryl methyl sites for hydroxylation is 1. The van der Waals surface area contributed by atoms with Crippen molar-refractivity contribution < 1.29 is 4.79 Å². The number of nitrogens with zero attached hydrogens (tertiary/aromatic N) is 1. The second-order valence-electron chi connectivity index (χ2n) is 5.11. The Labute approximate surface area is 125 Å². The number of pyridine rings is 1. The van der Waals surface area contributed by atoms with Gasteiger partial charge in [0.2, 0.25) is 0 Å². The van der Waals surface area contributed by atoms with E-state index in [4.69, 9.17) is 0 Å². The highest BCUT2D eigenvalue weighted by atomic mass is 16.2. The second-order valence-corrected chi connectivity index (χ2v) is 5.11. The highest BCUT2D eigenvalue weighted by Crippen LogP contribution is 2.04. The summed E-state index contributed by atoms with van der Waals surface area (Å²) in [5, 5.41) is 5.80. The third-order valence-corrected chi connectivity index (χ3v) is 3.29. The lowest BCUT2D eigenvalue weighted by Gasteiger charge is -2.14. The van der Waals surface area contributed by atoms with Crippen LogP contribution in [0.4, 0.5) is 4.79 Å². The lowest BCUT2D eigenvalue weighted by Crippen LogP contribution is -2.40. The molecule has 1 atom stereocenters. The molecule has 110 valence electrons. The van der Waals surface area contributed by atoms with Crippen molar-refractivity contribution in [2.45, 2.75) is 32.4 Å². The van der Waals surface area contributed by atoms with E-state index in [2.05, 4.69) is 27.8 Å². The van der Waals surface area contributed by atoms with Gasteiger partial charge in [0.1, 0.15) is 0 Å². The molecule has 0 aliphatic rings. The van der Waals surface area contributed by atoms with Crippen LogP contribution in [0.1, 0.15) is 24.5 Å². The molecular weight excluding hydrogens is 262 g/mol. The molecule has 0 saturated carbocycles. The number of carbonyl (C=O) groups excluding carboxylic acids is 1. The van der Waals surface area contributed by atoms with Gasteiger partial charge in [0.05, 0.1) is 0 Å². The summed E-state index contributed by atoms with van der Waals surface area (Å²) in [6.45, 7) is 2.54. The molecular formula is C17H21N3O. The third kappa shape index (κ3) is 5.65. The molecule has 0 saturated heterocycles. The Hall–Kier alpha value is -2.36. The fourth-order valence-electron chi connectivity index (χ4n) is 2.06. The van der Waals surface area contributed by atoms with Crippen LogP contribution in [-0.4, -0.2) is 17.1 Å². The van der Waals surface area contributed by atoms with Crippen LogP contribution >= 0.6 is 0 Å². The first-order valence-electron chi connectivity index (χ1n) is 7.21. The summed E-state index contributed by atoms with van der Waals surface area (Å²) >= 11 is 0. The Morgan fingerprint density at radius 2 is 1.81 bits per heavy atom. The van der Waals surface area contributed by atoms with Gasteiger partial charge in [-0.2, -0.15) is 0 Å². The fourth-order valence-corrected chi connectivity index (χ4v) is 2.06. The highest BCUT2D eigenvalue weighted by molar-refractivity contribution is 5.74. The minimum Gasteiger partial charge on any atom is -0.336 e. The molecule has 1 aromatic heterocycles. The summed E-state index contributed by atoms with van der Waals surface area (Å²) in [6.07, 6.45) is 5.33. The van der Waals surface area contributed by atoms with Gasteiger partial charge in [0.15, 0.2) is 0 Å². The maximum Gasteiger partial charge on any atom is 0.315 e. The molecule has 0 aliphatic carbocycles. The standard InChI is InChI=1S/C17H21N3O/c1-14(7-8-15-5-3-2-4-6-15)20-17(21)19-13-16-9-11-18-12-10-16/h2-6,9-12,14H,7-8,13H2,1H3,(H2,19,20,21)/t14-/m1/s1. The maximum atomic E-state index is 11.8. The normalized spacial score (nSPS) is 11.7. The van der Waals surface area contributed by atoms with Gasteiger partial charge in [-0.1, -0.05) is 30.3 Å². The van der Waals surface area contributed by atoms with Crippen LogP contribution in [0.25, 0.3) is 0 Å². The number of hydrogen-bond acceptors (Lipinski definition) is 2. The van der Waals surface area contributed by atoms with E-state index in [-0.39, 0.29) is 12.1 Å². The molecule has 2 rings (SSSR count). The molecule has 4 nitrogen and oxygen atoms in total. The quantitative estimate of drug-likeness (QED) is 0.856. The highest BCUT2D eigenvalue weighted by Gasteiger charge is 2.07. The largest absolute Gasteiger partial charge is 0.336 e. The molecule has 2 N–H and O–H groups in total. The van der Waals surface area contributed by atoms with Gasteiger partial charge in [-0.3, -0.25) is 4.98 Å². The van der Waals surface area contributed by atoms with E-state index in [0.29, 0.717) is 6.54 Å². The molecule has 4 heteroatoms. The van der Waals surface area contributed by atoms with Crippen molar-refractivity contribution in [2.24, 2.45) is 0 Å². The summed E-state index contributed by atoms with van der Waals surface area (Å²) in [5.74, 6) is 0. The van der Waals surface area contributed by atoms with E-state index in [0.717, 1.165) is 18.4 Å². The van der Waals surface area contributed by atoms with Crippen molar-refractivity contribution in [2.75, 3.05) is 0 Å². The number of aromatic nitrogens is 1. The average Bonchev–Trinajstić information content (AvgIpc) is 2.53. The first kappa shape index (κ1) is 15.0. The van der Waals surface area contributed by atoms with Gasteiger partial charge in [-0.25, -0.2) is 4.79 Å². The Morgan fingerprint density at radius 1 is 1.10 bits per heavy atom. The van der Waals surface area contributed by atoms with Gasteiger partial charge < -0.3 is 10.6 Å². The summed E-state index contributed by atoms with van der Waals surface area (Å²) in [4.78, 5) is 15.7. The smallest absolute Gasteiger partial charge is 0.315 e. The number of benzene rings is 1. The zero-order valence-electron chi connectivity index (χ0n) is 12.3. The molecule has 0 aliphatic heterocycles. The van der Waals surface area contributed by atoms with Crippen LogP contribution in [0.3, 0.4) is 0 Å². The van der Waals surface area contributed by atoms with Gasteiger partial charge in [-0.05, 0) is 43.0 Å². The number of rotatable bonds is 6. The predicted molar refractivity (Wildman–Crippen MR) is 83.8 cm³/mol. The minimum atomic E-state index is -0.132. The van der Waals surface area contributed by atoms with Crippen LogP contribution in [0.5, 0.6) is 0 Å². The van der Waals surface area contributed by atoms with Crippen molar-refractivity contribution in [3.8, 4) is 0 Å². The Bertz CT molecular complexity index is 542. The minimum absolute atomic E-state index is 0.132. The molecule has 1 aromatic carbocycles. The van der Waals surface area contributed by atoms with Gasteiger partial charge >= 0.3 is 6.03 Å². The summed E-state index contributed by atoms with van der Waals surface area (Å²) in [6, 6.07) is 14.1. The monoisotopic (exact) mass is 283 g/mol. The van der Waals surface area contributed by atoms with Crippen molar-refractivity contribution >= 4 is 6.03 Å². The molecule has 21 heavy (non-hydrogen) atoms. The number of carbonyl (C=O) groups is 1. The van der Waals surface area contributed by atoms with E-state index in [9.17, 15) is 4.79 Å². The number of urea groups is 1. The maximum absolute atomic E-state index is 11.8. The third-order valence-electron chi connectivity index (χ3n) is 3.29. The molecule has 2 aromatic rings. The van der Waals surface area contributed by atoms with Crippen LogP contribution in [0.2, 0.25) is 0 Å². The second kappa shape index (κ2) is 8.04. The fraction of sp³-hybridized carbons (Fsp3) is 0.294. The molecule has 1 heterocycles. The summed E-state index contributed by atoms with van der Waals surface area (Å²) < 4.78 is 0. The Balaban J connectivity index is 1.67. The van der Waals surface area contributed by atoms with Crippen molar-refractivity contribution in [1.82, 2.24) is 15.6 Å². The summed E-state index contributed by atoms with van der Waals surface area (Å²) in [5.41, 5.74) is 2.33. The van der Waals surface area contributed by atoms with E-state index in [1.54, 1.807) is 12.4 Å². The zero-order valence-corrected chi connectivity index (χ0v) is 12.3. The molecule has 0 unspecified atom stereocenters. The first-order valence-corrected chi connectivity index (χ1v) is 7.21. The Morgan fingerprint density at radius 3 is 2.52 bits per heavy atom. The van der Waals surface area contributed by atoms with Crippen LogP contribution in [-0.2, 0) is 13.0 Å². The average molecular weight is 283 g/mol. The number of nitrogens with one attached hydrogen (secondary N) is 2. The van der Waals surface area contributed by atoms with Gasteiger partial charge in [0.25, 0.3) is 0 Å².